The first-order valence-electron chi connectivity index (χ1n) is 4.98. The van der Waals surface area contributed by atoms with Gasteiger partial charge in [-0.1, -0.05) is 13.8 Å². The van der Waals surface area contributed by atoms with Crippen LogP contribution in [0.1, 0.15) is 20.3 Å². The van der Waals surface area contributed by atoms with Crippen LogP contribution in [0.25, 0.3) is 0 Å². The molecule has 0 radical (unpaired) electrons. The van der Waals surface area contributed by atoms with Crippen molar-refractivity contribution < 1.29 is 14.3 Å². The maximum Gasteiger partial charge on any atom is 0.325 e. The number of nitrogens with zero attached hydrogens (tertiary/aromatic N) is 1. The Bertz CT molecular complexity index is 221. The normalized spacial score (nSPS) is 12.0. The molecule has 4 nitrogen and oxygen atoms in total. The van der Waals surface area contributed by atoms with E-state index in [-0.39, 0.29) is 24.2 Å². The summed E-state index contributed by atoms with van der Waals surface area (Å²) in [6.45, 7) is 4.25. The molecular weight excluding hydrogens is 218 g/mol. The standard InChI is InChI=1S/C10H18ClNO3/c1-4-5-12(7-9(13)15-3)10(14)8(2)6-11/h8H,4-7H2,1-3H3. The van der Waals surface area contributed by atoms with Crippen molar-refractivity contribution in [2.75, 3.05) is 26.1 Å². The van der Waals surface area contributed by atoms with E-state index in [4.69, 9.17) is 11.6 Å². The van der Waals surface area contributed by atoms with Crippen molar-refractivity contribution in [2.24, 2.45) is 5.92 Å². The van der Waals surface area contributed by atoms with Crippen LogP contribution in [0.4, 0.5) is 0 Å². The zero-order chi connectivity index (χ0) is 11.8. The fourth-order valence-electron chi connectivity index (χ4n) is 1.14. The number of esters is 1. The number of alkyl halides is 1. The molecule has 88 valence electrons. The lowest BCUT2D eigenvalue weighted by Gasteiger charge is -2.23. The van der Waals surface area contributed by atoms with Gasteiger partial charge in [-0.15, -0.1) is 11.6 Å². The number of methoxy groups -OCH3 is 1. The van der Waals surface area contributed by atoms with Crippen LogP contribution in [0.5, 0.6) is 0 Å². The summed E-state index contributed by atoms with van der Waals surface area (Å²) in [5, 5.41) is 0. The molecule has 0 saturated carbocycles. The lowest BCUT2D eigenvalue weighted by Crippen LogP contribution is -2.40. The Kier molecular flexibility index (Phi) is 7.13. The number of amides is 1. The minimum absolute atomic E-state index is 0.00437. The maximum absolute atomic E-state index is 11.7. The summed E-state index contributed by atoms with van der Waals surface area (Å²) in [5.41, 5.74) is 0. The zero-order valence-corrected chi connectivity index (χ0v) is 10.2. The molecule has 0 aliphatic heterocycles. The SMILES string of the molecule is CCCN(CC(=O)OC)C(=O)C(C)CCl. The van der Waals surface area contributed by atoms with E-state index in [9.17, 15) is 9.59 Å². The molecule has 0 aliphatic rings. The number of hydrogen-bond donors (Lipinski definition) is 0. The van der Waals surface area contributed by atoms with Gasteiger partial charge in [-0.25, -0.2) is 0 Å². The molecule has 15 heavy (non-hydrogen) atoms. The summed E-state index contributed by atoms with van der Waals surface area (Å²) >= 11 is 5.60. The second kappa shape index (κ2) is 7.51. The molecule has 1 amide bonds. The van der Waals surface area contributed by atoms with E-state index in [0.717, 1.165) is 6.42 Å². The minimum atomic E-state index is -0.404. The largest absolute Gasteiger partial charge is 0.468 e. The van der Waals surface area contributed by atoms with Crippen LogP contribution in [-0.4, -0.2) is 42.9 Å². The molecule has 0 N–H and O–H groups in total. The third-order valence-corrected chi connectivity index (χ3v) is 2.47. The van der Waals surface area contributed by atoms with Gasteiger partial charge in [0.15, 0.2) is 0 Å². The lowest BCUT2D eigenvalue weighted by molar-refractivity contribution is -0.148. The highest BCUT2D eigenvalue weighted by Gasteiger charge is 2.21. The van der Waals surface area contributed by atoms with Crippen molar-refractivity contribution in [1.82, 2.24) is 4.90 Å². The van der Waals surface area contributed by atoms with E-state index in [1.54, 1.807) is 6.92 Å². The number of ether oxygens (including phenoxy) is 1. The van der Waals surface area contributed by atoms with Gasteiger partial charge in [-0.05, 0) is 6.42 Å². The smallest absolute Gasteiger partial charge is 0.325 e. The van der Waals surface area contributed by atoms with E-state index in [1.165, 1.54) is 12.0 Å². The van der Waals surface area contributed by atoms with Crippen LogP contribution in [-0.2, 0) is 14.3 Å². The second-order valence-electron chi connectivity index (χ2n) is 3.39. The molecule has 0 fully saturated rings. The number of rotatable bonds is 6. The molecule has 1 unspecified atom stereocenters. The maximum atomic E-state index is 11.7. The van der Waals surface area contributed by atoms with Crippen molar-refractivity contribution in [2.45, 2.75) is 20.3 Å². The molecule has 0 saturated heterocycles. The van der Waals surface area contributed by atoms with Crippen LogP contribution in [0.3, 0.4) is 0 Å². The average Bonchev–Trinajstić information content (AvgIpc) is 2.26. The highest BCUT2D eigenvalue weighted by molar-refractivity contribution is 6.19. The molecular formula is C10H18ClNO3. The summed E-state index contributed by atoms with van der Waals surface area (Å²) in [6, 6.07) is 0. The van der Waals surface area contributed by atoms with Gasteiger partial charge in [-0.3, -0.25) is 9.59 Å². The molecule has 5 heteroatoms. The van der Waals surface area contributed by atoms with Crippen LogP contribution < -0.4 is 0 Å². The topological polar surface area (TPSA) is 46.6 Å². The quantitative estimate of drug-likeness (QED) is 0.515. The summed E-state index contributed by atoms with van der Waals surface area (Å²) in [5.74, 6) is -0.501. The Balaban J connectivity index is 4.37. The predicted molar refractivity (Wildman–Crippen MR) is 58.8 cm³/mol. The first-order chi connectivity index (χ1) is 7.06. The fourth-order valence-corrected chi connectivity index (χ4v) is 1.27. The molecule has 0 aromatic rings. The number of halogens is 1. The Morgan fingerprint density at radius 2 is 2.07 bits per heavy atom. The van der Waals surface area contributed by atoms with Crippen LogP contribution in [0.2, 0.25) is 0 Å². The Morgan fingerprint density at radius 1 is 1.47 bits per heavy atom. The van der Waals surface area contributed by atoms with E-state index in [0.29, 0.717) is 6.54 Å². The van der Waals surface area contributed by atoms with Crippen LogP contribution in [0.15, 0.2) is 0 Å². The third kappa shape index (κ3) is 5.02. The first-order valence-corrected chi connectivity index (χ1v) is 5.51. The molecule has 0 bridgehead atoms. The van der Waals surface area contributed by atoms with Crippen molar-refractivity contribution >= 4 is 23.5 Å². The summed E-state index contributed by atoms with van der Waals surface area (Å²) in [7, 11) is 1.31. The predicted octanol–water partition coefficient (Wildman–Crippen LogP) is 1.27. The average molecular weight is 236 g/mol. The summed E-state index contributed by atoms with van der Waals surface area (Å²) in [4.78, 5) is 24.3. The minimum Gasteiger partial charge on any atom is -0.468 e. The van der Waals surface area contributed by atoms with Gasteiger partial charge in [0.25, 0.3) is 0 Å². The van der Waals surface area contributed by atoms with Crippen molar-refractivity contribution in [3.63, 3.8) is 0 Å². The zero-order valence-electron chi connectivity index (χ0n) is 9.46. The van der Waals surface area contributed by atoms with Gasteiger partial charge in [-0.2, -0.15) is 0 Å². The molecule has 0 aromatic heterocycles. The summed E-state index contributed by atoms with van der Waals surface area (Å²) in [6.07, 6.45) is 0.803. The molecule has 1 atom stereocenters. The van der Waals surface area contributed by atoms with E-state index in [1.807, 2.05) is 6.92 Å². The third-order valence-electron chi connectivity index (χ3n) is 2.01. The van der Waals surface area contributed by atoms with Gasteiger partial charge >= 0.3 is 5.97 Å². The first kappa shape index (κ1) is 14.2. The monoisotopic (exact) mass is 235 g/mol. The Morgan fingerprint density at radius 3 is 2.47 bits per heavy atom. The molecule has 0 spiro atoms. The van der Waals surface area contributed by atoms with Crippen molar-refractivity contribution in [3.05, 3.63) is 0 Å². The van der Waals surface area contributed by atoms with Gasteiger partial charge < -0.3 is 9.64 Å². The van der Waals surface area contributed by atoms with Crippen molar-refractivity contribution in [1.29, 1.82) is 0 Å². The molecule has 0 rings (SSSR count). The molecule has 0 aliphatic carbocycles. The number of carbonyl (C=O) groups excluding carboxylic acids is 2. The highest BCUT2D eigenvalue weighted by atomic mass is 35.5. The lowest BCUT2D eigenvalue weighted by atomic mass is 10.2. The van der Waals surface area contributed by atoms with Gasteiger partial charge in [0.2, 0.25) is 5.91 Å². The van der Waals surface area contributed by atoms with Crippen LogP contribution in [0, 0.1) is 5.92 Å². The Labute approximate surface area is 95.5 Å². The van der Waals surface area contributed by atoms with Crippen molar-refractivity contribution in [3.8, 4) is 0 Å². The summed E-state index contributed by atoms with van der Waals surface area (Å²) < 4.78 is 4.52. The fraction of sp³-hybridized carbons (Fsp3) is 0.800. The van der Waals surface area contributed by atoms with E-state index >= 15 is 0 Å². The van der Waals surface area contributed by atoms with Gasteiger partial charge in [0, 0.05) is 18.3 Å². The molecule has 0 aromatic carbocycles. The van der Waals surface area contributed by atoms with E-state index < -0.39 is 5.97 Å². The Hall–Kier alpha value is -0.770. The van der Waals surface area contributed by atoms with E-state index in [2.05, 4.69) is 4.74 Å². The van der Waals surface area contributed by atoms with Crippen LogP contribution >= 0.6 is 11.6 Å². The van der Waals surface area contributed by atoms with Gasteiger partial charge in [0.05, 0.1) is 7.11 Å². The second-order valence-corrected chi connectivity index (χ2v) is 3.70. The van der Waals surface area contributed by atoms with Gasteiger partial charge in [0.1, 0.15) is 6.54 Å². The molecule has 0 heterocycles. The number of carbonyl (C=O) groups is 2. The highest BCUT2D eigenvalue weighted by Crippen LogP contribution is 2.05. The number of hydrogen-bond acceptors (Lipinski definition) is 3.